The maximum absolute atomic E-state index is 4.72. The topological polar surface area (TPSA) is 20.6 Å². The number of aromatic nitrogens is 3. The fourth-order valence-electron chi connectivity index (χ4n) is 3.86. The molecule has 3 rings (SSSR count). The second-order valence-corrected chi connectivity index (χ2v) is 8.17. The second kappa shape index (κ2) is 16.5. The van der Waals surface area contributed by atoms with Crippen LogP contribution in [0.4, 0.5) is 0 Å². The molecule has 0 spiro atoms. The first-order valence-electron chi connectivity index (χ1n) is 11.8. The van der Waals surface area contributed by atoms with Crippen LogP contribution in [0.1, 0.15) is 65.2 Å². The van der Waals surface area contributed by atoms with Crippen molar-refractivity contribution in [3.63, 3.8) is 0 Å². The van der Waals surface area contributed by atoms with Crippen molar-refractivity contribution in [3.05, 3.63) is 67.4 Å². The van der Waals surface area contributed by atoms with Crippen LogP contribution in [0.25, 0.3) is 22.4 Å². The molecule has 0 aliphatic carbocycles. The highest BCUT2D eigenvalue weighted by atomic mass is 127. The van der Waals surface area contributed by atoms with Gasteiger partial charge in [0.15, 0.2) is 24.8 Å². The molecular weight excluding hydrogens is 620 g/mol. The fourth-order valence-corrected chi connectivity index (χ4v) is 3.86. The van der Waals surface area contributed by atoms with E-state index in [4.69, 9.17) is 4.98 Å². The molecule has 0 aromatic carbocycles. The molecule has 32 heavy (non-hydrogen) atoms. The Morgan fingerprint density at radius 2 is 1.12 bits per heavy atom. The molecule has 0 saturated carbocycles. The number of hydrogen-bond acceptors (Lipinski definition) is 1. The van der Waals surface area contributed by atoms with Crippen LogP contribution < -0.4 is 57.1 Å². The van der Waals surface area contributed by atoms with Crippen molar-refractivity contribution >= 4 is 0 Å². The van der Waals surface area contributed by atoms with E-state index in [1.807, 2.05) is 12.3 Å². The van der Waals surface area contributed by atoms with Crippen LogP contribution in [0.15, 0.2) is 67.4 Å². The molecule has 3 aromatic heterocycles. The van der Waals surface area contributed by atoms with Gasteiger partial charge in [0.1, 0.15) is 13.1 Å². The number of unbranched alkanes of at least 4 members (excludes halogenated alkanes) is 6. The van der Waals surface area contributed by atoms with Gasteiger partial charge in [0.05, 0.1) is 5.69 Å². The van der Waals surface area contributed by atoms with Crippen molar-refractivity contribution in [2.45, 2.75) is 78.3 Å². The van der Waals surface area contributed by atoms with E-state index in [-0.39, 0.29) is 48.0 Å². The lowest BCUT2D eigenvalue weighted by Crippen LogP contribution is -3.00. The first-order valence-corrected chi connectivity index (χ1v) is 11.8. The van der Waals surface area contributed by atoms with Gasteiger partial charge >= 0.3 is 0 Å². The third kappa shape index (κ3) is 9.04. The van der Waals surface area contributed by atoms with Gasteiger partial charge in [-0.1, -0.05) is 45.6 Å². The summed E-state index contributed by atoms with van der Waals surface area (Å²) in [5, 5.41) is 0. The molecule has 5 heteroatoms. The van der Waals surface area contributed by atoms with Crippen molar-refractivity contribution in [2.24, 2.45) is 0 Å². The highest BCUT2D eigenvalue weighted by molar-refractivity contribution is 5.79. The Balaban J connectivity index is 0.00000256. The lowest BCUT2D eigenvalue weighted by atomic mass is 10.0. The maximum atomic E-state index is 4.72. The van der Waals surface area contributed by atoms with Gasteiger partial charge in [-0.05, 0) is 24.5 Å². The zero-order valence-corrected chi connectivity index (χ0v) is 23.8. The zero-order chi connectivity index (χ0) is 21.0. The van der Waals surface area contributed by atoms with E-state index in [1.165, 1.54) is 68.1 Å². The van der Waals surface area contributed by atoms with Gasteiger partial charge < -0.3 is 48.0 Å². The molecule has 0 unspecified atom stereocenters. The fraction of sp³-hybridized carbons (Fsp3) is 0.444. The van der Waals surface area contributed by atoms with Crippen LogP contribution in [-0.4, -0.2) is 4.98 Å². The molecule has 0 aliphatic heterocycles. The van der Waals surface area contributed by atoms with E-state index in [1.54, 1.807) is 0 Å². The molecule has 3 nitrogen and oxygen atoms in total. The van der Waals surface area contributed by atoms with E-state index in [0.29, 0.717) is 0 Å². The summed E-state index contributed by atoms with van der Waals surface area (Å²) in [5.74, 6) is 0. The molecule has 0 fully saturated rings. The summed E-state index contributed by atoms with van der Waals surface area (Å²) in [6.45, 7) is 6.70. The average Bonchev–Trinajstić information content (AvgIpc) is 2.80. The second-order valence-electron chi connectivity index (χ2n) is 8.17. The molecule has 174 valence electrons. The molecule has 0 saturated heterocycles. The molecule has 0 bridgehead atoms. The Morgan fingerprint density at radius 3 is 1.62 bits per heavy atom. The van der Waals surface area contributed by atoms with Gasteiger partial charge in [-0.3, -0.25) is 4.98 Å². The lowest BCUT2D eigenvalue weighted by Gasteiger charge is -2.08. The van der Waals surface area contributed by atoms with Crippen LogP contribution in [-0.2, 0) is 13.1 Å². The van der Waals surface area contributed by atoms with Crippen LogP contribution in [0.3, 0.4) is 0 Å². The van der Waals surface area contributed by atoms with Crippen LogP contribution >= 0.6 is 0 Å². The summed E-state index contributed by atoms with van der Waals surface area (Å²) in [5.41, 5.74) is 4.64. The first-order chi connectivity index (χ1) is 14.8. The van der Waals surface area contributed by atoms with Crippen molar-refractivity contribution in [3.8, 4) is 22.4 Å². The molecule has 0 atom stereocenters. The zero-order valence-electron chi connectivity index (χ0n) is 19.5. The number of nitrogens with zero attached hydrogens (tertiary/aromatic N) is 3. The lowest BCUT2D eigenvalue weighted by molar-refractivity contribution is -0.697. The predicted molar refractivity (Wildman–Crippen MR) is 124 cm³/mol. The van der Waals surface area contributed by atoms with Crippen LogP contribution in [0.5, 0.6) is 0 Å². The predicted octanol–water partition coefficient (Wildman–Crippen LogP) is 0.159. The van der Waals surface area contributed by atoms with Gasteiger partial charge in [-0.2, -0.15) is 0 Å². The largest absolute Gasteiger partial charge is 1.00 e. The third-order valence-corrected chi connectivity index (χ3v) is 5.71. The smallest absolute Gasteiger partial charge is 0.169 e. The molecule has 0 N–H and O–H groups in total. The normalized spacial score (nSPS) is 10.3. The number of rotatable bonds is 12. The van der Waals surface area contributed by atoms with Gasteiger partial charge in [0.2, 0.25) is 0 Å². The number of halogens is 2. The summed E-state index contributed by atoms with van der Waals surface area (Å²) in [6.07, 6.45) is 21.0. The Bertz CT molecular complexity index is 806. The van der Waals surface area contributed by atoms with E-state index in [2.05, 4.69) is 78.1 Å². The van der Waals surface area contributed by atoms with Crippen molar-refractivity contribution in [1.82, 2.24) is 4.98 Å². The Kier molecular flexibility index (Phi) is 14.9. The highest BCUT2D eigenvalue weighted by Gasteiger charge is 2.12. The minimum absolute atomic E-state index is 0. The standard InChI is InChI=1S/C27H37N3.2HI/c1-3-5-7-9-18-29-20-13-24(14-21-29)26-12-11-17-28-27(26)25-15-22-30(23-16-25)19-10-8-6-4-2;;/h11-17,20-23H,3-10,18-19H2,1-2H3;2*1H/q+2;;/p-2. The highest BCUT2D eigenvalue weighted by Crippen LogP contribution is 2.28. The quantitative estimate of drug-likeness (QED) is 0.155. The van der Waals surface area contributed by atoms with E-state index in [0.717, 1.165) is 18.8 Å². The molecule has 3 heterocycles. The SMILES string of the molecule is CCCCCC[n+]1ccc(-c2cccnc2-c2cc[n+](CCCCCC)cc2)cc1.[I-].[I-]. The van der Waals surface area contributed by atoms with E-state index in [9.17, 15) is 0 Å². The molecule has 0 amide bonds. The molecule has 3 aromatic rings. The summed E-state index contributed by atoms with van der Waals surface area (Å²) in [4.78, 5) is 4.72. The summed E-state index contributed by atoms with van der Waals surface area (Å²) in [7, 11) is 0. The average molecular weight is 657 g/mol. The Labute approximate surface area is 228 Å². The van der Waals surface area contributed by atoms with Gasteiger partial charge in [0.25, 0.3) is 0 Å². The third-order valence-electron chi connectivity index (χ3n) is 5.71. The minimum atomic E-state index is 0. The summed E-state index contributed by atoms with van der Waals surface area (Å²) in [6, 6.07) is 13.0. The van der Waals surface area contributed by atoms with E-state index < -0.39 is 0 Å². The monoisotopic (exact) mass is 657 g/mol. The van der Waals surface area contributed by atoms with Gasteiger partial charge in [-0.15, -0.1) is 0 Å². The Morgan fingerprint density at radius 1 is 0.625 bits per heavy atom. The molecule has 0 radical (unpaired) electrons. The van der Waals surface area contributed by atoms with Crippen molar-refractivity contribution in [2.75, 3.05) is 0 Å². The number of hydrogen-bond donors (Lipinski definition) is 0. The van der Waals surface area contributed by atoms with Gasteiger partial charge in [0, 0.05) is 54.4 Å². The van der Waals surface area contributed by atoms with Crippen LogP contribution in [0, 0.1) is 0 Å². The summed E-state index contributed by atoms with van der Waals surface area (Å²) >= 11 is 0. The first kappa shape index (κ1) is 28.9. The van der Waals surface area contributed by atoms with Crippen molar-refractivity contribution in [1.29, 1.82) is 0 Å². The van der Waals surface area contributed by atoms with E-state index >= 15 is 0 Å². The minimum Gasteiger partial charge on any atom is -1.00 e. The maximum Gasteiger partial charge on any atom is 0.169 e. The summed E-state index contributed by atoms with van der Waals surface area (Å²) < 4.78 is 4.57. The van der Waals surface area contributed by atoms with Crippen LogP contribution in [0.2, 0.25) is 0 Å². The Hall–Kier alpha value is -1.09. The number of pyridine rings is 3. The number of aryl methyl sites for hydroxylation is 2. The van der Waals surface area contributed by atoms with Gasteiger partial charge in [-0.25, -0.2) is 9.13 Å². The van der Waals surface area contributed by atoms with Crippen molar-refractivity contribution < 1.29 is 57.1 Å². The molecular formula is C27H37I2N3. The molecule has 0 aliphatic rings.